The Morgan fingerprint density at radius 2 is 1.07 bits per heavy atom. The van der Waals surface area contributed by atoms with Gasteiger partial charge in [0.25, 0.3) is 0 Å². The van der Waals surface area contributed by atoms with E-state index in [1.165, 1.54) is 24.3 Å². The predicted molar refractivity (Wildman–Crippen MR) is 85.3 cm³/mol. The number of hydrogen-bond donors (Lipinski definition) is 4. The first-order chi connectivity index (χ1) is 12.2. The van der Waals surface area contributed by atoms with Gasteiger partial charge in [0, 0.05) is 11.1 Å². The van der Waals surface area contributed by atoms with E-state index in [-0.39, 0.29) is 36.5 Å². The molecule has 0 saturated heterocycles. The van der Waals surface area contributed by atoms with E-state index in [0.717, 1.165) is 0 Å². The van der Waals surface area contributed by atoms with Gasteiger partial charge in [-0.05, 0) is 6.07 Å². The molecule has 0 spiro atoms. The average Bonchev–Trinajstić information content (AvgIpc) is 2.59. The summed E-state index contributed by atoms with van der Waals surface area (Å²) in [6.07, 6.45) is 0. The number of benzene rings is 2. The SMILES string of the molecule is O=C(O)c1cc(C(=O)c2ccccc2)c(C(=O)O)c(C(=O)O)c1C(=O)O.[H-].[Na+]. The predicted octanol–water partition coefficient (Wildman–Crippen LogP) is -1.17. The fraction of sp³-hybridized carbons (Fsp3) is 0. The molecule has 0 aliphatic carbocycles. The largest absolute Gasteiger partial charge is 1.00 e. The molecule has 9 nitrogen and oxygen atoms in total. The second-order valence-electron chi connectivity index (χ2n) is 5.01. The molecule has 2 rings (SSSR count). The molecule has 0 unspecified atom stereocenters. The first kappa shape index (κ1) is 22.0. The van der Waals surface area contributed by atoms with E-state index in [1.54, 1.807) is 6.07 Å². The fourth-order valence-electron chi connectivity index (χ4n) is 2.43. The third-order valence-corrected chi connectivity index (χ3v) is 3.48. The third kappa shape index (κ3) is 4.22. The molecule has 0 saturated carbocycles. The van der Waals surface area contributed by atoms with Crippen LogP contribution in [0.3, 0.4) is 0 Å². The van der Waals surface area contributed by atoms with E-state index in [9.17, 15) is 44.4 Å². The molecule has 0 fully saturated rings. The topological polar surface area (TPSA) is 166 Å². The van der Waals surface area contributed by atoms with Crippen molar-refractivity contribution >= 4 is 29.7 Å². The molecule has 0 amide bonds. The van der Waals surface area contributed by atoms with Gasteiger partial charge in [0.15, 0.2) is 5.78 Å². The van der Waals surface area contributed by atoms with Gasteiger partial charge in [-0.2, -0.15) is 0 Å². The molecule has 2 aromatic carbocycles. The van der Waals surface area contributed by atoms with Crippen molar-refractivity contribution in [1.82, 2.24) is 0 Å². The number of carboxylic acid groups (broad SMARTS) is 4. The van der Waals surface area contributed by atoms with E-state index >= 15 is 0 Å². The first-order valence-corrected chi connectivity index (χ1v) is 6.90. The molecular formula is C17H11NaO9. The Balaban J connectivity index is 0.00000364. The summed E-state index contributed by atoms with van der Waals surface area (Å²) >= 11 is 0. The molecule has 0 bridgehead atoms. The molecular weight excluding hydrogens is 371 g/mol. The molecule has 0 radical (unpaired) electrons. The van der Waals surface area contributed by atoms with Gasteiger partial charge in [-0.15, -0.1) is 0 Å². The molecule has 0 atom stereocenters. The number of carbonyl (C=O) groups excluding carboxylic acids is 1. The summed E-state index contributed by atoms with van der Waals surface area (Å²) in [6.45, 7) is 0. The molecule has 134 valence electrons. The normalized spacial score (nSPS) is 9.78. The number of aromatic carboxylic acids is 4. The number of ketones is 1. The Morgan fingerprint density at radius 3 is 1.48 bits per heavy atom. The minimum absolute atomic E-state index is 0. The van der Waals surface area contributed by atoms with Crippen molar-refractivity contribution in [2.24, 2.45) is 0 Å². The van der Waals surface area contributed by atoms with Crippen LogP contribution in [0.5, 0.6) is 0 Å². The number of hydrogen-bond acceptors (Lipinski definition) is 5. The van der Waals surface area contributed by atoms with Gasteiger partial charge in [0.2, 0.25) is 0 Å². The van der Waals surface area contributed by atoms with Crippen molar-refractivity contribution in [3.63, 3.8) is 0 Å². The molecule has 0 aliphatic rings. The van der Waals surface area contributed by atoms with E-state index in [4.69, 9.17) is 0 Å². The summed E-state index contributed by atoms with van der Waals surface area (Å²) in [5, 5.41) is 37.1. The van der Waals surface area contributed by atoms with Crippen molar-refractivity contribution in [2.75, 3.05) is 0 Å². The summed E-state index contributed by atoms with van der Waals surface area (Å²) in [5.41, 5.74) is -5.33. The van der Waals surface area contributed by atoms with E-state index < -0.39 is 57.5 Å². The smallest absolute Gasteiger partial charge is 1.00 e. The van der Waals surface area contributed by atoms with Gasteiger partial charge < -0.3 is 21.9 Å². The molecule has 0 heterocycles. The van der Waals surface area contributed by atoms with Crippen LogP contribution in [0.1, 0.15) is 58.8 Å². The molecule has 0 aliphatic heterocycles. The maximum absolute atomic E-state index is 12.6. The summed E-state index contributed by atoms with van der Waals surface area (Å²) < 4.78 is 0. The van der Waals surface area contributed by atoms with Crippen LogP contribution in [0.25, 0.3) is 0 Å². The summed E-state index contributed by atoms with van der Waals surface area (Å²) in [6, 6.07) is 7.72. The number of rotatable bonds is 6. The summed E-state index contributed by atoms with van der Waals surface area (Å²) in [5.74, 6) is -8.57. The number of carboxylic acids is 4. The standard InChI is InChI=1S/C17H10O9.Na.H/c18-13(7-4-2-1-3-5-7)8-6-9(14(19)20)11(16(23)24)12(17(25)26)10(8)15(21)22;;/h1-6H,(H,19,20)(H,21,22)(H,23,24)(H,25,26);;/q;+1;-1. The van der Waals surface area contributed by atoms with Crippen molar-refractivity contribution in [3.8, 4) is 0 Å². The Bertz CT molecular complexity index is 970. The van der Waals surface area contributed by atoms with E-state index in [0.29, 0.717) is 6.07 Å². The maximum atomic E-state index is 12.6. The van der Waals surface area contributed by atoms with Gasteiger partial charge in [-0.3, -0.25) is 4.79 Å². The van der Waals surface area contributed by atoms with Crippen LogP contribution in [0.15, 0.2) is 36.4 Å². The Labute approximate surface area is 174 Å². The van der Waals surface area contributed by atoms with Gasteiger partial charge >= 0.3 is 53.4 Å². The Kier molecular flexibility index (Phi) is 7.00. The van der Waals surface area contributed by atoms with Crippen molar-refractivity contribution in [2.45, 2.75) is 0 Å². The Morgan fingerprint density at radius 1 is 0.630 bits per heavy atom. The second kappa shape index (κ2) is 8.58. The van der Waals surface area contributed by atoms with Gasteiger partial charge in [-0.25, -0.2) is 19.2 Å². The molecule has 10 heteroatoms. The van der Waals surface area contributed by atoms with Gasteiger partial charge in [0.05, 0.1) is 22.3 Å². The van der Waals surface area contributed by atoms with Gasteiger partial charge in [-0.1, -0.05) is 30.3 Å². The molecule has 0 aromatic heterocycles. The van der Waals surface area contributed by atoms with Crippen molar-refractivity contribution in [1.29, 1.82) is 0 Å². The zero-order valence-corrected chi connectivity index (χ0v) is 15.8. The summed E-state index contributed by atoms with van der Waals surface area (Å²) in [7, 11) is 0. The van der Waals surface area contributed by atoms with Gasteiger partial charge in [0.1, 0.15) is 0 Å². The molecule has 27 heavy (non-hydrogen) atoms. The monoisotopic (exact) mass is 382 g/mol. The quantitative estimate of drug-likeness (QED) is 0.355. The van der Waals surface area contributed by atoms with Crippen LogP contribution >= 0.6 is 0 Å². The zero-order chi connectivity index (χ0) is 19.6. The first-order valence-electron chi connectivity index (χ1n) is 6.90. The average molecular weight is 382 g/mol. The van der Waals surface area contributed by atoms with Crippen LogP contribution < -0.4 is 29.6 Å². The van der Waals surface area contributed by atoms with Crippen LogP contribution in [0, 0.1) is 0 Å². The minimum atomic E-state index is -1.98. The maximum Gasteiger partial charge on any atom is 1.00 e. The molecule has 4 N–H and O–H groups in total. The van der Waals surface area contributed by atoms with Crippen LogP contribution in [-0.4, -0.2) is 50.1 Å². The number of carbonyl (C=O) groups is 5. The fourth-order valence-corrected chi connectivity index (χ4v) is 2.43. The molecule has 2 aromatic rings. The minimum Gasteiger partial charge on any atom is -1.00 e. The summed E-state index contributed by atoms with van der Waals surface area (Å²) in [4.78, 5) is 58.4. The van der Waals surface area contributed by atoms with Crippen LogP contribution in [-0.2, 0) is 0 Å². The zero-order valence-electron chi connectivity index (χ0n) is 14.8. The third-order valence-electron chi connectivity index (χ3n) is 3.48. The van der Waals surface area contributed by atoms with Crippen molar-refractivity contribution < 1.29 is 75.4 Å². The van der Waals surface area contributed by atoms with Crippen LogP contribution in [0.4, 0.5) is 0 Å². The van der Waals surface area contributed by atoms with E-state index in [2.05, 4.69) is 0 Å². The second-order valence-corrected chi connectivity index (χ2v) is 5.01. The Hall–Kier alpha value is -3.01. The van der Waals surface area contributed by atoms with E-state index in [1.807, 2.05) is 0 Å². The van der Waals surface area contributed by atoms with Crippen molar-refractivity contribution in [3.05, 3.63) is 69.8 Å². The van der Waals surface area contributed by atoms with Crippen LogP contribution in [0.2, 0.25) is 0 Å².